The van der Waals surface area contributed by atoms with E-state index in [1.807, 2.05) is 0 Å². The van der Waals surface area contributed by atoms with Crippen molar-refractivity contribution in [2.45, 2.75) is 55.1 Å². The van der Waals surface area contributed by atoms with Gasteiger partial charge in [-0.3, -0.25) is 9.78 Å². The van der Waals surface area contributed by atoms with Crippen molar-refractivity contribution in [2.24, 2.45) is 5.90 Å². The summed E-state index contributed by atoms with van der Waals surface area (Å²) in [6.07, 6.45) is 6.09. The van der Waals surface area contributed by atoms with Crippen LogP contribution in [0.15, 0.2) is 53.7 Å². The lowest BCUT2D eigenvalue weighted by Crippen LogP contribution is -2.48. The smallest absolute Gasteiger partial charge is 0.326 e. The van der Waals surface area contributed by atoms with Crippen LogP contribution in [0.1, 0.15) is 44.6 Å². The van der Waals surface area contributed by atoms with Crippen molar-refractivity contribution in [3.05, 3.63) is 54.4 Å². The Kier molecular flexibility index (Phi) is 11.4. The summed E-state index contributed by atoms with van der Waals surface area (Å²) in [6.45, 7) is 2.08. The van der Waals surface area contributed by atoms with Crippen LogP contribution in [0.5, 0.6) is 5.75 Å². The first-order valence-corrected chi connectivity index (χ1v) is 11.6. The number of aromatic nitrogens is 1. The van der Waals surface area contributed by atoms with E-state index in [4.69, 9.17) is 9.94 Å². The minimum absolute atomic E-state index is 0.0811. The first-order chi connectivity index (χ1) is 15.4. The van der Waals surface area contributed by atoms with Crippen molar-refractivity contribution in [1.29, 1.82) is 0 Å². The van der Waals surface area contributed by atoms with E-state index in [-0.39, 0.29) is 17.7 Å². The van der Waals surface area contributed by atoms with E-state index >= 15 is 0 Å². The van der Waals surface area contributed by atoms with Crippen molar-refractivity contribution in [3.8, 4) is 17.6 Å². The Morgan fingerprint density at radius 3 is 2.38 bits per heavy atom. The molecule has 0 spiro atoms. The predicted octanol–water partition coefficient (Wildman–Crippen LogP) is 3.24. The molecule has 32 heavy (non-hydrogen) atoms. The molecule has 0 bridgehead atoms. The van der Waals surface area contributed by atoms with Gasteiger partial charge in [-0.05, 0) is 42.3 Å². The molecular formula is C23H30N2O6S. The third kappa shape index (κ3) is 6.79. The van der Waals surface area contributed by atoms with Gasteiger partial charge in [0.05, 0.1) is 12.0 Å². The summed E-state index contributed by atoms with van der Waals surface area (Å²) in [5, 5.41) is 16.6. The molecule has 0 fully saturated rings. The first-order valence-electron chi connectivity index (χ1n) is 10.1. The van der Waals surface area contributed by atoms with Crippen LogP contribution >= 0.6 is 0 Å². The van der Waals surface area contributed by atoms with Gasteiger partial charge < -0.3 is 15.1 Å². The molecule has 174 valence electrons. The number of sulfone groups is 1. The Balaban J connectivity index is 0.00000249. The molecule has 1 heterocycles. The van der Waals surface area contributed by atoms with Gasteiger partial charge in [0.15, 0.2) is 14.6 Å². The molecule has 0 saturated heterocycles. The van der Waals surface area contributed by atoms with Crippen LogP contribution in [-0.2, 0) is 21.1 Å². The maximum atomic E-state index is 13.6. The quantitative estimate of drug-likeness (QED) is 0.278. The van der Waals surface area contributed by atoms with Gasteiger partial charge in [0.2, 0.25) is 0 Å². The third-order valence-electron chi connectivity index (χ3n) is 4.89. The van der Waals surface area contributed by atoms with Crippen molar-refractivity contribution < 1.29 is 28.3 Å². The lowest BCUT2D eigenvalue weighted by Gasteiger charge is -2.27. The minimum atomic E-state index is -4.27. The maximum Gasteiger partial charge on any atom is 0.326 e. The number of methoxy groups -OCH3 is 1. The first kappa shape index (κ1) is 27.1. The lowest BCUT2D eigenvalue weighted by atomic mass is 9.96. The monoisotopic (exact) mass is 462 g/mol. The molecular weight excluding hydrogens is 432 g/mol. The zero-order valence-corrected chi connectivity index (χ0v) is 19.1. The molecule has 0 aliphatic carbocycles. The van der Waals surface area contributed by atoms with Crippen molar-refractivity contribution in [2.75, 3.05) is 7.11 Å². The fourth-order valence-electron chi connectivity index (χ4n) is 3.09. The number of carboxylic acid groups (broad SMARTS) is 1. The van der Waals surface area contributed by atoms with Crippen LogP contribution in [0.4, 0.5) is 0 Å². The Bertz CT molecular complexity index is 998. The number of ether oxygens (including phenoxy) is 1. The fourth-order valence-corrected chi connectivity index (χ4v) is 4.88. The molecule has 8 nitrogen and oxygen atoms in total. The van der Waals surface area contributed by atoms with Gasteiger partial charge in [0, 0.05) is 31.7 Å². The maximum absolute atomic E-state index is 13.6. The SMILES string of the molecule is CCCCCC#CCC(Cc1cccnc1)(C(=O)O)S(=O)(=O)c1ccc(OC)cc1.NO. The molecule has 0 amide bonds. The number of nitrogens with zero attached hydrogens (tertiary/aromatic N) is 1. The minimum Gasteiger partial charge on any atom is -0.497 e. The number of carboxylic acids is 1. The van der Waals surface area contributed by atoms with E-state index in [1.165, 1.54) is 37.6 Å². The zero-order chi connectivity index (χ0) is 24.0. The molecule has 0 radical (unpaired) electrons. The average Bonchev–Trinajstić information content (AvgIpc) is 2.82. The summed E-state index contributed by atoms with van der Waals surface area (Å²) in [6, 6.07) is 9.05. The van der Waals surface area contributed by atoms with Crippen LogP contribution in [-0.4, -0.2) is 41.5 Å². The average molecular weight is 463 g/mol. The second-order valence-electron chi connectivity index (χ2n) is 7.00. The van der Waals surface area contributed by atoms with Gasteiger partial charge >= 0.3 is 5.97 Å². The number of rotatable bonds is 10. The van der Waals surface area contributed by atoms with Gasteiger partial charge in [-0.15, -0.1) is 11.8 Å². The molecule has 2 aromatic rings. The van der Waals surface area contributed by atoms with Gasteiger partial charge in [-0.1, -0.05) is 25.8 Å². The van der Waals surface area contributed by atoms with Crippen LogP contribution in [0, 0.1) is 11.8 Å². The molecule has 1 aromatic heterocycles. The number of unbranched alkanes of at least 4 members (excludes halogenated alkanes) is 3. The zero-order valence-electron chi connectivity index (χ0n) is 18.3. The van der Waals surface area contributed by atoms with Gasteiger partial charge in [0.1, 0.15) is 5.75 Å². The number of pyridine rings is 1. The Morgan fingerprint density at radius 2 is 1.84 bits per heavy atom. The molecule has 9 heteroatoms. The van der Waals surface area contributed by atoms with Crippen molar-refractivity contribution in [1.82, 2.24) is 4.98 Å². The van der Waals surface area contributed by atoms with E-state index < -0.39 is 20.6 Å². The summed E-state index contributed by atoms with van der Waals surface area (Å²) in [4.78, 5) is 16.4. The standard InChI is InChI=1S/C23H27NO5S.H3NO/c1-3-4-5-6-7-8-15-23(22(25)26,17-19-10-9-16-24-18-19)30(27,28)21-13-11-20(29-2)12-14-21;1-2/h9-14,16,18H,3-6,15,17H2,1-2H3,(H,25,26);2H,1H2. The molecule has 1 atom stereocenters. The summed E-state index contributed by atoms with van der Waals surface area (Å²) in [5.74, 6) is 8.33. The highest BCUT2D eigenvalue weighted by molar-refractivity contribution is 7.93. The van der Waals surface area contributed by atoms with Crippen molar-refractivity contribution in [3.63, 3.8) is 0 Å². The number of nitrogens with two attached hydrogens (primary N) is 1. The highest BCUT2D eigenvalue weighted by Gasteiger charge is 2.51. The van der Waals surface area contributed by atoms with E-state index in [1.54, 1.807) is 18.3 Å². The van der Waals surface area contributed by atoms with E-state index in [9.17, 15) is 18.3 Å². The molecule has 0 saturated carbocycles. The van der Waals surface area contributed by atoms with Gasteiger partial charge in [-0.25, -0.2) is 14.3 Å². The normalized spacial score (nSPS) is 12.4. The van der Waals surface area contributed by atoms with Crippen molar-refractivity contribution >= 4 is 15.8 Å². The van der Waals surface area contributed by atoms with Gasteiger partial charge in [-0.2, -0.15) is 0 Å². The molecule has 0 aliphatic heterocycles. The topological polar surface area (TPSA) is 140 Å². The molecule has 1 aromatic carbocycles. The summed E-state index contributed by atoms with van der Waals surface area (Å²) < 4.78 is 30.1. The second kappa shape index (κ2) is 13.5. The summed E-state index contributed by atoms with van der Waals surface area (Å²) in [5.41, 5.74) is 0.518. The Hall–Kier alpha value is -2.93. The number of hydrogen-bond acceptors (Lipinski definition) is 7. The van der Waals surface area contributed by atoms with E-state index in [0.717, 1.165) is 19.3 Å². The molecule has 4 N–H and O–H groups in total. The number of aliphatic carboxylic acids is 1. The number of benzene rings is 1. The number of hydrogen-bond donors (Lipinski definition) is 3. The highest BCUT2D eigenvalue weighted by Crippen LogP contribution is 2.34. The summed E-state index contributed by atoms with van der Waals surface area (Å²) in [7, 11) is -2.79. The summed E-state index contributed by atoms with van der Waals surface area (Å²) >= 11 is 0. The van der Waals surface area contributed by atoms with E-state index in [2.05, 4.69) is 29.6 Å². The number of carbonyl (C=O) groups is 1. The Labute approximate surface area is 189 Å². The van der Waals surface area contributed by atoms with E-state index in [0.29, 0.717) is 17.7 Å². The third-order valence-corrected chi connectivity index (χ3v) is 7.28. The highest BCUT2D eigenvalue weighted by atomic mass is 32.2. The predicted molar refractivity (Wildman–Crippen MR) is 121 cm³/mol. The molecule has 0 aliphatic rings. The lowest BCUT2D eigenvalue weighted by molar-refractivity contribution is -0.140. The van der Waals surface area contributed by atoms with Gasteiger partial charge in [0.25, 0.3) is 0 Å². The fraction of sp³-hybridized carbons (Fsp3) is 0.391. The van der Waals surface area contributed by atoms with Crippen LogP contribution in [0.3, 0.4) is 0 Å². The molecule has 1 unspecified atom stereocenters. The Morgan fingerprint density at radius 1 is 1.16 bits per heavy atom. The van der Waals surface area contributed by atoms with Crippen LogP contribution in [0.25, 0.3) is 0 Å². The van der Waals surface area contributed by atoms with Crippen LogP contribution < -0.4 is 10.6 Å². The second-order valence-corrected chi connectivity index (χ2v) is 9.26. The van der Waals surface area contributed by atoms with Crippen LogP contribution in [0.2, 0.25) is 0 Å². The molecule has 2 rings (SSSR count). The largest absolute Gasteiger partial charge is 0.497 e.